The number of hydrogen-bond donors (Lipinski definition) is 1. The van der Waals surface area contributed by atoms with E-state index in [-0.39, 0.29) is 0 Å². The summed E-state index contributed by atoms with van der Waals surface area (Å²) in [7, 11) is 3.35. The van der Waals surface area contributed by atoms with E-state index in [0.29, 0.717) is 6.61 Å². The number of piperazine rings is 1. The van der Waals surface area contributed by atoms with Crippen LogP contribution in [-0.4, -0.2) is 47.0 Å². The number of benzene rings is 2. The van der Waals surface area contributed by atoms with Crippen molar-refractivity contribution in [2.45, 2.75) is 13.5 Å². The molecule has 5 nitrogen and oxygen atoms in total. The second-order valence-corrected chi connectivity index (χ2v) is 6.50. The van der Waals surface area contributed by atoms with Crippen LogP contribution in [0.25, 0.3) is 0 Å². The van der Waals surface area contributed by atoms with Gasteiger partial charge in [0.15, 0.2) is 11.5 Å². The first-order valence-corrected chi connectivity index (χ1v) is 9.26. The molecule has 1 saturated heterocycles. The fourth-order valence-electron chi connectivity index (χ4n) is 3.52. The molecule has 1 fully saturated rings. The molecule has 0 saturated carbocycles. The van der Waals surface area contributed by atoms with E-state index in [0.717, 1.165) is 50.0 Å². The highest BCUT2D eigenvalue weighted by molar-refractivity contribution is 5.58. The Hall–Kier alpha value is -2.40. The number of anilines is 1. The fourth-order valence-corrected chi connectivity index (χ4v) is 3.52. The largest absolute Gasteiger partial charge is 0.493 e. The van der Waals surface area contributed by atoms with Crippen LogP contribution in [0.4, 0.5) is 5.69 Å². The van der Waals surface area contributed by atoms with Gasteiger partial charge in [0.25, 0.3) is 0 Å². The van der Waals surface area contributed by atoms with E-state index in [4.69, 9.17) is 14.2 Å². The molecule has 140 valence electrons. The Morgan fingerprint density at radius 3 is 2.35 bits per heavy atom. The van der Waals surface area contributed by atoms with E-state index in [2.05, 4.69) is 35.2 Å². The summed E-state index contributed by atoms with van der Waals surface area (Å²) in [5.74, 6) is 2.57. The van der Waals surface area contributed by atoms with Crippen LogP contribution < -0.4 is 24.0 Å². The molecule has 1 aliphatic rings. The second-order valence-electron chi connectivity index (χ2n) is 6.50. The van der Waals surface area contributed by atoms with E-state index in [1.165, 1.54) is 11.3 Å². The third-order valence-corrected chi connectivity index (χ3v) is 4.88. The van der Waals surface area contributed by atoms with Gasteiger partial charge in [-0.3, -0.25) is 0 Å². The maximum atomic E-state index is 5.79. The van der Waals surface area contributed by atoms with Crippen molar-refractivity contribution >= 4 is 5.69 Å². The highest BCUT2D eigenvalue weighted by atomic mass is 16.5. The lowest BCUT2D eigenvalue weighted by atomic mass is 10.1. The molecule has 1 aliphatic heterocycles. The van der Waals surface area contributed by atoms with E-state index >= 15 is 0 Å². The Morgan fingerprint density at radius 1 is 0.923 bits per heavy atom. The van der Waals surface area contributed by atoms with Gasteiger partial charge in [-0.05, 0) is 37.3 Å². The summed E-state index contributed by atoms with van der Waals surface area (Å²) < 4.78 is 16.5. The Labute approximate surface area is 156 Å². The van der Waals surface area contributed by atoms with Crippen LogP contribution in [0.15, 0.2) is 42.5 Å². The lowest BCUT2D eigenvalue weighted by Crippen LogP contribution is -3.13. The van der Waals surface area contributed by atoms with Crippen LogP contribution in [-0.2, 0) is 6.54 Å². The number of nitrogens with zero attached hydrogens (tertiary/aromatic N) is 1. The lowest BCUT2D eigenvalue weighted by molar-refractivity contribution is -0.914. The lowest BCUT2D eigenvalue weighted by Gasteiger charge is -2.34. The zero-order valence-corrected chi connectivity index (χ0v) is 16.0. The smallest absolute Gasteiger partial charge is 0.161 e. The molecule has 0 aromatic heterocycles. The molecule has 3 rings (SSSR count). The standard InChI is InChI=1S/C21H28N2O3/c1-4-26-19-8-6-5-7-18(19)23-13-11-22(12-14-23)16-17-9-10-20(24-2)21(15-17)25-3/h5-10,15H,4,11-14,16H2,1-3H3/p+1. The number of hydrogen-bond acceptors (Lipinski definition) is 4. The molecule has 5 heteroatoms. The van der Waals surface area contributed by atoms with E-state index in [1.807, 2.05) is 19.1 Å². The van der Waals surface area contributed by atoms with Crippen LogP contribution in [0.1, 0.15) is 12.5 Å². The van der Waals surface area contributed by atoms with Gasteiger partial charge in [-0.1, -0.05) is 12.1 Å². The normalized spacial score (nSPS) is 15.0. The number of quaternary nitrogens is 1. The Bertz CT molecular complexity index is 712. The molecular formula is C21H29N2O3+. The molecule has 0 unspecified atom stereocenters. The van der Waals surface area contributed by atoms with Gasteiger partial charge in [0.05, 0.1) is 52.7 Å². The van der Waals surface area contributed by atoms with Gasteiger partial charge >= 0.3 is 0 Å². The van der Waals surface area contributed by atoms with Crippen LogP contribution >= 0.6 is 0 Å². The molecule has 0 radical (unpaired) electrons. The summed E-state index contributed by atoms with van der Waals surface area (Å²) in [6, 6.07) is 14.5. The first-order chi connectivity index (χ1) is 12.7. The van der Waals surface area contributed by atoms with Crippen molar-refractivity contribution in [3.63, 3.8) is 0 Å². The number of para-hydroxylation sites is 2. The molecular weight excluding hydrogens is 328 g/mol. The number of methoxy groups -OCH3 is 2. The summed E-state index contributed by atoms with van der Waals surface area (Å²) in [4.78, 5) is 4.02. The molecule has 2 aromatic carbocycles. The molecule has 0 atom stereocenters. The highest BCUT2D eigenvalue weighted by Gasteiger charge is 2.22. The van der Waals surface area contributed by atoms with Crippen LogP contribution in [0.2, 0.25) is 0 Å². The first kappa shape index (κ1) is 18.4. The molecule has 0 amide bonds. The van der Waals surface area contributed by atoms with Crippen molar-refractivity contribution in [1.82, 2.24) is 0 Å². The molecule has 0 bridgehead atoms. The Balaban J connectivity index is 1.61. The minimum Gasteiger partial charge on any atom is -0.493 e. The van der Waals surface area contributed by atoms with Gasteiger partial charge in [0.2, 0.25) is 0 Å². The maximum absolute atomic E-state index is 5.79. The van der Waals surface area contributed by atoms with Crippen LogP contribution in [0.5, 0.6) is 17.2 Å². The van der Waals surface area contributed by atoms with Gasteiger partial charge in [-0.25, -0.2) is 0 Å². The minimum absolute atomic E-state index is 0.696. The monoisotopic (exact) mass is 357 g/mol. The average molecular weight is 357 g/mol. The molecule has 2 aromatic rings. The summed E-state index contributed by atoms with van der Waals surface area (Å²) >= 11 is 0. The minimum atomic E-state index is 0.696. The van der Waals surface area contributed by atoms with Gasteiger partial charge < -0.3 is 24.0 Å². The summed E-state index contributed by atoms with van der Waals surface area (Å²) in [6.07, 6.45) is 0. The number of nitrogens with one attached hydrogen (secondary N) is 1. The van der Waals surface area contributed by atoms with Crippen LogP contribution in [0, 0.1) is 0 Å². The van der Waals surface area contributed by atoms with Gasteiger partial charge in [-0.15, -0.1) is 0 Å². The van der Waals surface area contributed by atoms with Gasteiger partial charge in [0.1, 0.15) is 12.3 Å². The maximum Gasteiger partial charge on any atom is 0.161 e. The Kier molecular flexibility index (Phi) is 6.23. The quantitative estimate of drug-likeness (QED) is 0.822. The van der Waals surface area contributed by atoms with Crippen LogP contribution in [0.3, 0.4) is 0 Å². The molecule has 1 heterocycles. The molecule has 1 N–H and O–H groups in total. The van der Waals surface area contributed by atoms with Gasteiger partial charge in [0, 0.05) is 5.56 Å². The molecule has 0 aliphatic carbocycles. The van der Waals surface area contributed by atoms with Crippen molar-refractivity contribution in [3.05, 3.63) is 48.0 Å². The van der Waals surface area contributed by atoms with E-state index in [9.17, 15) is 0 Å². The van der Waals surface area contributed by atoms with E-state index < -0.39 is 0 Å². The van der Waals surface area contributed by atoms with Crippen molar-refractivity contribution in [3.8, 4) is 17.2 Å². The zero-order valence-electron chi connectivity index (χ0n) is 16.0. The van der Waals surface area contributed by atoms with Crippen molar-refractivity contribution < 1.29 is 19.1 Å². The first-order valence-electron chi connectivity index (χ1n) is 9.26. The number of ether oxygens (including phenoxy) is 3. The van der Waals surface area contributed by atoms with Crippen molar-refractivity contribution in [1.29, 1.82) is 0 Å². The predicted molar refractivity (Wildman–Crippen MR) is 104 cm³/mol. The Morgan fingerprint density at radius 2 is 1.65 bits per heavy atom. The zero-order chi connectivity index (χ0) is 18.4. The fraction of sp³-hybridized carbons (Fsp3) is 0.429. The topological polar surface area (TPSA) is 35.4 Å². The van der Waals surface area contributed by atoms with Crippen molar-refractivity contribution in [2.75, 3.05) is 51.9 Å². The molecule has 0 spiro atoms. The molecule has 26 heavy (non-hydrogen) atoms. The SMILES string of the molecule is CCOc1ccccc1N1CC[NH+](Cc2ccc(OC)c(OC)c2)CC1. The third kappa shape index (κ3) is 4.22. The number of rotatable bonds is 7. The average Bonchev–Trinajstić information content (AvgIpc) is 2.69. The predicted octanol–water partition coefficient (Wildman–Crippen LogP) is 2.01. The highest BCUT2D eigenvalue weighted by Crippen LogP contribution is 2.28. The summed E-state index contributed by atoms with van der Waals surface area (Å²) in [6.45, 7) is 8.01. The summed E-state index contributed by atoms with van der Waals surface area (Å²) in [5.41, 5.74) is 2.49. The second kappa shape index (κ2) is 8.81. The summed E-state index contributed by atoms with van der Waals surface area (Å²) in [5, 5.41) is 0. The van der Waals surface area contributed by atoms with E-state index in [1.54, 1.807) is 19.1 Å². The van der Waals surface area contributed by atoms with Gasteiger partial charge in [-0.2, -0.15) is 0 Å². The third-order valence-electron chi connectivity index (χ3n) is 4.88. The van der Waals surface area contributed by atoms with Crippen molar-refractivity contribution in [2.24, 2.45) is 0 Å².